The number of hydrogen-bond donors (Lipinski definition) is 2. The number of aromatic amines is 1. The van der Waals surface area contributed by atoms with Gasteiger partial charge in [0, 0.05) is 0 Å². The Hall–Kier alpha value is -0.0400. The fraction of sp³-hybridized carbons (Fsp3) is 0.625. The Balaban J connectivity index is 0.00000196. The summed E-state index contributed by atoms with van der Waals surface area (Å²) in [5.41, 5.74) is 0.0278. The van der Waals surface area contributed by atoms with Crippen LogP contribution in [0.5, 0.6) is 0 Å². The van der Waals surface area contributed by atoms with Crippen LogP contribution < -0.4 is 0 Å². The third-order valence-electron chi connectivity index (χ3n) is 1.33. The number of nitrogens with zero attached hydrogens (tertiary/aromatic N) is 2. The number of nitrogens with one attached hydrogen (secondary N) is 1. The summed E-state index contributed by atoms with van der Waals surface area (Å²) >= 11 is 4.05. The average Bonchev–Trinajstić information content (AvgIpc) is 2.32. The van der Waals surface area contributed by atoms with E-state index in [1.54, 1.807) is 0 Å². The maximum atomic E-state index is 11.3. The molecule has 1 aromatic rings. The van der Waals surface area contributed by atoms with Gasteiger partial charge in [-0.25, -0.2) is 0 Å². The SMILES string of the molecule is CC(C)(C)OC(=O)Cc1nn[nH]c1S.[NaH]. The first kappa shape index (κ1) is 15.0. The molecule has 0 aliphatic heterocycles. The summed E-state index contributed by atoms with van der Waals surface area (Å²) in [5, 5.41) is 10.2. The normalized spacial score (nSPS) is 10.7. The molecular weight excluding hydrogens is 225 g/mol. The second kappa shape index (κ2) is 5.89. The second-order valence-electron chi connectivity index (χ2n) is 3.87. The van der Waals surface area contributed by atoms with Crippen molar-refractivity contribution in [3.05, 3.63) is 5.69 Å². The molecule has 7 heteroatoms. The van der Waals surface area contributed by atoms with E-state index in [2.05, 4.69) is 28.0 Å². The van der Waals surface area contributed by atoms with E-state index in [0.717, 1.165) is 0 Å². The van der Waals surface area contributed by atoms with Gasteiger partial charge in [0.1, 0.15) is 16.3 Å². The molecule has 0 saturated carbocycles. The van der Waals surface area contributed by atoms with Gasteiger partial charge in [0.2, 0.25) is 0 Å². The van der Waals surface area contributed by atoms with Crippen LogP contribution in [0.3, 0.4) is 0 Å². The van der Waals surface area contributed by atoms with Gasteiger partial charge in [-0.2, -0.15) is 0 Å². The standard InChI is InChI=1S/C8H13N3O2S.Na.H/c1-8(2,3)13-6(12)4-5-7(14)10-11-9-5;;/h4H2,1-3H3,(H2,9,10,11,14);;. The summed E-state index contributed by atoms with van der Waals surface area (Å²) in [7, 11) is 0. The zero-order chi connectivity index (χ0) is 10.8. The van der Waals surface area contributed by atoms with Crippen molar-refractivity contribution in [1.29, 1.82) is 0 Å². The van der Waals surface area contributed by atoms with Crippen molar-refractivity contribution < 1.29 is 9.53 Å². The fourth-order valence-corrected chi connectivity index (χ4v) is 1.05. The molecule has 0 aliphatic carbocycles. The summed E-state index contributed by atoms with van der Waals surface area (Å²) in [6.45, 7) is 5.44. The minimum atomic E-state index is -0.475. The van der Waals surface area contributed by atoms with E-state index in [0.29, 0.717) is 10.7 Å². The van der Waals surface area contributed by atoms with E-state index < -0.39 is 5.60 Å². The molecule has 0 bridgehead atoms. The molecule has 0 fully saturated rings. The van der Waals surface area contributed by atoms with Crippen molar-refractivity contribution >= 4 is 48.2 Å². The van der Waals surface area contributed by atoms with Crippen molar-refractivity contribution in [2.45, 2.75) is 37.8 Å². The Labute approximate surface area is 116 Å². The molecule has 0 unspecified atom stereocenters. The Morgan fingerprint density at radius 1 is 1.53 bits per heavy atom. The molecule has 1 heterocycles. The third-order valence-corrected chi connectivity index (χ3v) is 1.69. The van der Waals surface area contributed by atoms with Crippen LogP contribution in [0.4, 0.5) is 0 Å². The van der Waals surface area contributed by atoms with Gasteiger partial charge in [-0.1, -0.05) is 5.21 Å². The van der Waals surface area contributed by atoms with Crippen LogP contribution in [-0.4, -0.2) is 56.5 Å². The molecule has 0 amide bonds. The van der Waals surface area contributed by atoms with Crippen LogP contribution >= 0.6 is 12.6 Å². The van der Waals surface area contributed by atoms with Gasteiger partial charge in [0.15, 0.2) is 0 Å². The number of thiol groups is 1. The van der Waals surface area contributed by atoms with Gasteiger partial charge in [-0.3, -0.25) is 9.89 Å². The molecule has 15 heavy (non-hydrogen) atoms. The molecule has 80 valence electrons. The van der Waals surface area contributed by atoms with Gasteiger partial charge >= 0.3 is 35.5 Å². The number of carbonyl (C=O) groups is 1. The Morgan fingerprint density at radius 3 is 2.53 bits per heavy atom. The number of aromatic nitrogens is 3. The minimum absolute atomic E-state index is 0. The summed E-state index contributed by atoms with van der Waals surface area (Å²) in [4.78, 5) is 11.3. The molecule has 1 rings (SSSR count). The van der Waals surface area contributed by atoms with Crippen molar-refractivity contribution in [2.75, 3.05) is 0 Å². The van der Waals surface area contributed by atoms with E-state index in [9.17, 15) is 4.79 Å². The Bertz CT molecular complexity index is 335. The fourth-order valence-electron chi connectivity index (χ4n) is 0.878. The van der Waals surface area contributed by atoms with Gasteiger partial charge in [0.05, 0.1) is 6.42 Å². The van der Waals surface area contributed by atoms with E-state index >= 15 is 0 Å². The molecular formula is C8H14N3NaO2S. The quantitative estimate of drug-likeness (QED) is 0.443. The van der Waals surface area contributed by atoms with Crippen molar-refractivity contribution in [3.63, 3.8) is 0 Å². The molecule has 0 aromatic carbocycles. The predicted octanol–water partition coefficient (Wildman–Crippen LogP) is 0.329. The second-order valence-corrected chi connectivity index (χ2v) is 4.32. The molecule has 1 aromatic heterocycles. The zero-order valence-corrected chi connectivity index (χ0v) is 9.26. The molecule has 0 spiro atoms. The number of hydrogen-bond acceptors (Lipinski definition) is 5. The molecule has 0 aliphatic rings. The summed E-state index contributed by atoms with van der Waals surface area (Å²) < 4.78 is 5.11. The summed E-state index contributed by atoms with van der Waals surface area (Å²) in [6, 6.07) is 0. The Kier molecular flexibility index (Phi) is 5.87. The average molecular weight is 239 g/mol. The number of esters is 1. The summed E-state index contributed by atoms with van der Waals surface area (Å²) in [6.07, 6.45) is 0.0899. The van der Waals surface area contributed by atoms with Gasteiger partial charge < -0.3 is 4.74 Å². The molecule has 0 radical (unpaired) electrons. The van der Waals surface area contributed by atoms with Gasteiger partial charge in [-0.15, -0.1) is 17.7 Å². The molecule has 0 atom stereocenters. The predicted molar refractivity (Wildman–Crippen MR) is 60.3 cm³/mol. The molecule has 1 N–H and O–H groups in total. The maximum absolute atomic E-state index is 11.3. The van der Waals surface area contributed by atoms with Gasteiger partial charge in [-0.05, 0) is 20.8 Å². The number of H-pyrrole nitrogens is 1. The number of ether oxygens (including phenoxy) is 1. The Morgan fingerprint density at radius 2 is 2.13 bits per heavy atom. The van der Waals surface area contributed by atoms with Crippen molar-refractivity contribution in [3.8, 4) is 0 Å². The number of carbonyl (C=O) groups excluding carboxylic acids is 1. The molecule has 0 saturated heterocycles. The van der Waals surface area contributed by atoms with E-state index in [-0.39, 0.29) is 41.9 Å². The van der Waals surface area contributed by atoms with Gasteiger partial charge in [0.25, 0.3) is 0 Å². The first-order valence-corrected chi connectivity index (χ1v) is 4.64. The summed E-state index contributed by atoms with van der Waals surface area (Å²) in [5.74, 6) is -0.332. The van der Waals surface area contributed by atoms with Crippen molar-refractivity contribution in [1.82, 2.24) is 15.4 Å². The van der Waals surface area contributed by atoms with Crippen LogP contribution in [0.2, 0.25) is 0 Å². The van der Waals surface area contributed by atoms with Crippen LogP contribution in [0.25, 0.3) is 0 Å². The monoisotopic (exact) mass is 239 g/mol. The van der Waals surface area contributed by atoms with Crippen LogP contribution in [0.15, 0.2) is 5.03 Å². The van der Waals surface area contributed by atoms with Crippen LogP contribution in [0.1, 0.15) is 26.5 Å². The van der Waals surface area contributed by atoms with Crippen LogP contribution in [0, 0.1) is 0 Å². The van der Waals surface area contributed by atoms with Crippen molar-refractivity contribution in [2.24, 2.45) is 0 Å². The third kappa shape index (κ3) is 5.55. The zero-order valence-electron chi connectivity index (χ0n) is 8.37. The van der Waals surface area contributed by atoms with E-state index in [4.69, 9.17) is 4.74 Å². The van der Waals surface area contributed by atoms with E-state index in [1.807, 2.05) is 20.8 Å². The first-order chi connectivity index (χ1) is 6.38. The topological polar surface area (TPSA) is 67.9 Å². The van der Waals surface area contributed by atoms with Crippen LogP contribution in [-0.2, 0) is 16.0 Å². The first-order valence-electron chi connectivity index (χ1n) is 4.19. The van der Waals surface area contributed by atoms with E-state index in [1.165, 1.54) is 0 Å². The number of rotatable bonds is 2. The molecule has 5 nitrogen and oxygen atoms in total.